The zero-order chi connectivity index (χ0) is 9.26. The van der Waals surface area contributed by atoms with Gasteiger partial charge in [0.1, 0.15) is 6.10 Å². The van der Waals surface area contributed by atoms with Gasteiger partial charge in [-0.25, -0.2) is 0 Å². The molecule has 2 rings (SSSR count). The van der Waals surface area contributed by atoms with Crippen molar-refractivity contribution in [2.45, 2.75) is 13.0 Å². The van der Waals surface area contributed by atoms with Crippen molar-refractivity contribution >= 4 is 0 Å². The third-order valence-electron chi connectivity index (χ3n) is 1.54. The molecule has 2 aromatic heterocycles. The average Bonchev–Trinajstić information content (AvgIpc) is 2.75. The third-order valence-corrected chi connectivity index (χ3v) is 1.54. The van der Waals surface area contributed by atoms with Gasteiger partial charge in [-0.1, -0.05) is 5.16 Å². The van der Waals surface area contributed by atoms with Crippen molar-refractivity contribution in [2.24, 2.45) is 0 Å². The highest BCUT2D eigenvalue weighted by molar-refractivity contribution is 5.44. The van der Waals surface area contributed by atoms with Crippen LogP contribution in [0.2, 0.25) is 0 Å². The molecule has 5 heteroatoms. The number of furan rings is 1. The predicted molar refractivity (Wildman–Crippen MR) is 42.6 cm³/mol. The normalized spacial score (nSPS) is 13.1. The first-order chi connectivity index (χ1) is 6.27. The SMILES string of the molecule is C[C@H](O)c1nc(-c2ccco2)no1. The molecule has 0 amide bonds. The van der Waals surface area contributed by atoms with Crippen molar-refractivity contribution in [1.82, 2.24) is 10.1 Å². The molecule has 2 heterocycles. The zero-order valence-corrected chi connectivity index (χ0v) is 6.97. The fraction of sp³-hybridized carbons (Fsp3) is 0.250. The van der Waals surface area contributed by atoms with E-state index >= 15 is 0 Å². The molecule has 0 aromatic carbocycles. The Morgan fingerprint density at radius 2 is 2.38 bits per heavy atom. The highest BCUT2D eigenvalue weighted by atomic mass is 16.5. The smallest absolute Gasteiger partial charge is 0.255 e. The van der Waals surface area contributed by atoms with Gasteiger partial charge in [-0.15, -0.1) is 0 Å². The van der Waals surface area contributed by atoms with Crippen LogP contribution in [0, 0.1) is 0 Å². The number of hydrogen-bond donors (Lipinski definition) is 1. The van der Waals surface area contributed by atoms with Gasteiger partial charge in [0, 0.05) is 0 Å². The van der Waals surface area contributed by atoms with Gasteiger partial charge in [0.15, 0.2) is 5.76 Å². The molecule has 0 saturated heterocycles. The Bertz CT molecular complexity index is 378. The minimum Gasteiger partial charge on any atom is -0.461 e. The van der Waals surface area contributed by atoms with E-state index < -0.39 is 6.10 Å². The average molecular weight is 180 g/mol. The van der Waals surface area contributed by atoms with Crippen LogP contribution in [0.5, 0.6) is 0 Å². The van der Waals surface area contributed by atoms with Crippen molar-refractivity contribution < 1.29 is 14.0 Å². The molecular weight excluding hydrogens is 172 g/mol. The lowest BCUT2D eigenvalue weighted by atomic mass is 10.4. The van der Waals surface area contributed by atoms with E-state index in [1.54, 1.807) is 19.1 Å². The Labute approximate surface area is 74.0 Å². The molecule has 0 bridgehead atoms. The second-order valence-corrected chi connectivity index (χ2v) is 2.61. The van der Waals surface area contributed by atoms with Crippen molar-refractivity contribution in [3.05, 3.63) is 24.3 Å². The summed E-state index contributed by atoms with van der Waals surface area (Å²) in [5.41, 5.74) is 0. The molecule has 0 aliphatic heterocycles. The molecule has 1 atom stereocenters. The monoisotopic (exact) mass is 180 g/mol. The molecule has 0 unspecified atom stereocenters. The summed E-state index contributed by atoms with van der Waals surface area (Å²) in [5.74, 6) is 1.06. The summed E-state index contributed by atoms with van der Waals surface area (Å²) in [4.78, 5) is 3.93. The summed E-state index contributed by atoms with van der Waals surface area (Å²) >= 11 is 0. The summed E-state index contributed by atoms with van der Waals surface area (Å²) < 4.78 is 9.82. The third kappa shape index (κ3) is 1.46. The fourth-order valence-corrected chi connectivity index (χ4v) is 0.911. The van der Waals surface area contributed by atoms with Crippen LogP contribution in [-0.4, -0.2) is 15.2 Å². The number of aromatic nitrogens is 2. The number of hydrogen-bond acceptors (Lipinski definition) is 5. The first kappa shape index (κ1) is 8.00. The molecule has 2 aromatic rings. The Morgan fingerprint density at radius 1 is 1.54 bits per heavy atom. The topological polar surface area (TPSA) is 72.3 Å². The summed E-state index contributed by atoms with van der Waals surface area (Å²) in [5, 5.41) is 12.7. The molecule has 13 heavy (non-hydrogen) atoms. The van der Waals surface area contributed by atoms with Crippen LogP contribution in [-0.2, 0) is 0 Å². The van der Waals surface area contributed by atoms with Crippen LogP contribution >= 0.6 is 0 Å². The van der Waals surface area contributed by atoms with E-state index in [4.69, 9.17) is 14.0 Å². The first-order valence-electron chi connectivity index (χ1n) is 3.83. The van der Waals surface area contributed by atoms with Crippen LogP contribution < -0.4 is 0 Å². The van der Waals surface area contributed by atoms with Crippen molar-refractivity contribution in [2.75, 3.05) is 0 Å². The van der Waals surface area contributed by atoms with E-state index in [1.807, 2.05) is 0 Å². The number of aliphatic hydroxyl groups excluding tert-OH is 1. The van der Waals surface area contributed by atoms with Gasteiger partial charge in [0.05, 0.1) is 6.26 Å². The summed E-state index contributed by atoms with van der Waals surface area (Å²) in [6, 6.07) is 3.45. The van der Waals surface area contributed by atoms with Crippen LogP contribution in [0.15, 0.2) is 27.3 Å². The van der Waals surface area contributed by atoms with E-state index in [0.717, 1.165) is 0 Å². The zero-order valence-electron chi connectivity index (χ0n) is 6.97. The van der Waals surface area contributed by atoms with E-state index in [2.05, 4.69) is 10.1 Å². The maximum absolute atomic E-state index is 9.11. The molecule has 0 fully saturated rings. The maximum Gasteiger partial charge on any atom is 0.255 e. The summed E-state index contributed by atoms with van der Waals surface area (Å²) in [6.07, 6.45) is 0.768. The number of nitrogens with zero attached hydrogens (tertiary/aromatic N) is 2. The van der Waals surface area contributed by atoms with Crippen LogP contribution in [0.3, 0.4) is 0 Å². The second kappa shape index (κ2) is 3.02. The lowest BCUT2D eigenvalue weighted by molar-refractivity contribution is 0.152. The van der Waals surface area contributed by atoms with Gasteiger partial charge in [0.25, 0.3) is 5.89 Å². The van der Waals surface area contributed by atoms with Crippen molar-refractivity contribution in [1.29, 1.82) is 0 Å². The molecule has 1 N–H and O–H groups in total. The number of aliphatic hydroxyl groups is 1. The second-order valence-electron chi connectivity index (χ2n) is 2.61. The minimum absolute atomic E-state index is 0.186. The fourth-order valence-electron chi connectivity index (χ4n) is 0.911. The molecule has 0 saturated carbocycles. The van der Waals surface area contributed by atoms with E-state index in [1.165, 1.54) is 6.26 Å². The summed E-state index contributed by atoms with van der Waals surface area (Å²) in [7, 11) is 0. The van der Waals surface area contributed by atoms with Gasteiger partial charge in [0.2, 0.25) is 5.82 Å². The molecule has 5 nitrogen and oxygen atoms in total. The highest BCUT2D eigenvalue weighted by Gasteiger charge is 2.13. The van der Waals surface area contributed by atoms with Gasteiger partial charge in [-0.05, 0) is 19.1 Å². The molecule has 0 radical (unpaired) electrons. The largest absolute Gasteiger partial charge is 0.461 e. The van der Waals surface area contributed by atoms with Crippen LogP contribution in [0.25, 0.3) is 11.6 Å². The first-order valence-corrected chi connectivity index (χ1v) is 3.83. The Balaban J connectivity index is 2.33. The van der Waals surface area contributed by atoms with Gasteiger partial charge in [-0.2, -0.15) is 4.98 Å². The maximum atomic E-state index is 9.11. The van der Waals surface area contributed by atoms with Gasteiger partial charge >= 0.3 is 0 Å². The van der Waals surface area contributed by atoms with Crippen molar-refractivity contribution in [3.8, 4) is 11.6 Å². The molecule has 0 spiro atoms. The van der Waals surface area contributed by atoms with E-state index in [-0.39, 0.29) is 5.89 Å². The van der Waals surface area contributed by atoms with E-state index in [0.29, 0.717) is 11.6 Å². The standard InChI is InChI=1S/C8H8N2O3/c1-5(11)8-9-7(10-13-8)6-3-2-4-12-6/h2-5,11H,1H3/t5-/m0/s1. The highest BCUT2D eigenvalue weighted by Crippen LogP contribution is 2.18. The quantitative estimate of drug-likeness (QED) is 0.755. The lowest BCUT2D eigenvalue weighted by Crippen LogP contribution is -1.89. The predicted octanol–water partition coefficient (Wildman–Crippen LogP) is 1.38. The van der Waals surface area contributed by atoms with Gasteiger partial charge < -0.3 is 14.0 Å². The van der Waals surface area contributed by atoms with E-state index in [9.17, 15) is 0 Å². The molecular formula is C8H8N2O3. The molecule has 0 aliphatic rings. The van der Waals surface area contributed by atoms with Gasteiger partial charge in [-0.3, -0.25) is 0 Å². The van der Waals surface area contributed by atoms with Crippen LogP contribution in [0.4, 0.5) is 0 Å². The summed E-state index contributed by atoms with van der Waals surface area (Å²) in [6.45, 7) is 1.55. The minimum atomic E-state index is -0.754. The molecule has 0 aliphatic carbocycles. The Hall–Kier alpha value is -1.62. The van der Waals surface area contributed by atoms with Crippen molar-refractivity contribution in [3.63, 3.8) is 0 Å². The Morgan fingerprint density at radius 3 is 2.92 bits per heavy atom. The molecule has 68 valence electrons. The number of rotatable bonds is 2. The Kier molecular flexibility index (Phi) is 1.86. The lowest BCUT2D eigenvalue weighted by Gasteiger charge is -1.91. The van der Waals surface area contributed by atoms with Crippen LogP contribution in [0.1, 0.15) is 18.9 Å².